The number of aromatic nitrogens is 1. The first kappa shape index (κ1) is 19.5. The maximum Gasteiger partial charge on any atom is 0.417 e. The van der Waals surface area contributed by atoms with Crippen LogP contribution in [0.4, 0.5) is 0 Å². The van der Waals surface area contributed by atoms with Gasteiger partial charge in [-0.05, 0) is 37.1 Å². The number of furan rings is 1. The summed E-state index contributed by atoms with van der Waals surface area (Å²) in [5.41, 5.74) is 0.613. The second-order valence-electron chi connectivity index (χ2n) is 7.00. The summed E-state index contributed by atoms with van der Waals surface area (Å²) in [6, 6.07) is 7.88. The van der Waals surface area contributed by atoms with Crippen molar-refractivity contribution in [2.24, 2.45) is 5.92 Å². The second-order valence-corrected chi connectivity index (χ2v) is 8.93. The highest BCUT2D eigenvalue weighted by Gasteiger charge is 2.33. The van der Waals surface area contributed by atoms with E-state index in [1.165, 1.54) is 22.5 Å². The zero-order valence-corrected chi connectivity index (χ0v) is 16.4. The molecule has 3 aromatic rings. The van der Waals surface area contributed by atoms with Crippen molar-refractivity contribution in [2.45, 2.75) is 24.2 Å². The molecule has 3 heterocycles. The number of sulfonamides is 1. The lowest BCUT2D eigenvalue weighted by atomic mass is 9.99. The van der Waals surface area contributed by atoms with Gasteiger partial charge in [-0.15, -0.1) is 0 Å². The van der Waals surface area contributed by atoms with Crippen molar-refractivity contribution in [3.05, 3.63) is 52.9 Å². The number of fused-ring (bicyclic) bond motifs is 1. The molecule has 2 aromatic heterocycles. The van der Waals surface area contributed by atoms with Crippen LogP contribution in [0.1, 0.15) is 18.6 Å². The van der Waals surface area contributed by atoms with Crippen molar-refractivity contribution in [1.82, 2.24) is 14.6 Å². The Balaban J connectivity index is 1.43. The lowest BCUT2D eigenvalue weighted by molar-refractivity contribution is -0.126. The van der Waals surface area contributed by atoms with Crippen LogP contribution >= 0.6 is 0 Å². The van der Waals surface area contributed by atoms with Crippen molar-refractivity contribution >= 4 is 27.0 Å². The van der Waals surface area contributed by atoms with Gasteiger partial charge >= 0.3 is 5.76 Å². The van der Waals surface area contributed by atoms with Gasteiger partial charge in [0.15, 0.2) is 5.58 Å². The Bertz CT molecular complexity index is 1160. The molecule has 29 heavy (non-hydrogen) atoms. The molecule has 1 amide bonds. The topological polar surface area (TPSA) is 126 Å². The highest BCUT2D eigenvalue weighted by Crippen LogP contribution is 2.25. The van der Waals surface area contributed by atoms with E-state index in [0.29, 0.717) is 37.9 Å². The highest BCUT2D eigenvalue weighted by molar-refractivity contribution is 7.89. The fraction of sp³-hybridized carbons (Fsp3) is 0.368. The van der Waals surface area contributed by atoms with Crippen molar-refractivity contribution in [2.75, 3.05) is 19.6 Å². The maximum absolute atomic E-state index is 13.0. The molecule has 0 radical (unpaired) electrons. The number of nitrogens with one attached hydrogen (secondary N) is 2. The summed E-state index contributed by atoms with van der Waals surface area (Å²) in [5.74, 6) is -0.434. The first-order chi connectivity index (χ1) is 13.9. The molecule has 1 saturated heterocycles. The molecule has 0 saturated carbocycles. The number of hydrogen-bond donors (Lipinski definition) is 2. The number of aromatic amines is 1. The first-order valence-corrected chi connectivity index (χ1v) is 10.8. The minimum absolute atomic E-state index is 0.0339. The number of benzene rings is 1. The van der Waals surface area contributed by atoms with Gasteiger partial charge in [-0.1, -0.05) is 0 Å². The molecule has 1 aliphatic heterocycles. The summed E-state index contributed by atoms with van der Waals surface area (Å²) >= 11 is 0. The number of hydrogen-bond acceptors (Lipinski definition) is 6. The largest absolute Gasteiger partial charge is 0.469 e. The van der Waals surface area contributed by atoms with Crippen LogP contribution in [0.5, 0.6) is 0 Å². The van der Waals surface area contributed by atoms with Crippen LogP contribution in [0.2, 0.25) is 0 Å². The van der Waals surface area contributed by atoms with Crippen molar-refractivity contribution in [1.29, 1.82) is 0 Å². The van der Waals surface area contributed by atoms with E-state index < -0.39 is 21.7 Å². The highest BCUT2D eigenvalue weighted by atomic mass is 32.2. The van der Waals surface area contributed by atoms with E-state index in [1.807, 2.05) is 6.07 Å². The number of oxazole rings is 1. The molecule has 1 fully saturated rings. The number of H-pyrrole nitrogens is 1. The number of piperidine rings is 1. The molecule has 0 unspecified atom stereocenters. The van der Waals surface area contributed by atoms with Crippen LogP contribution in [-0.4, -0.2) is 43.2 Å². The van der Waals surface area contributed by atoms with Crippen LogP contribution in [0.15, 0.2) is 55.1 Å². The fourth-order valence-corrected chi connectivity index (χ4v) is 5.06. The van der Waals surface area contributed by atoms with Gasteiger partial charge in [0.05, 0.1) is 22.6 Å². The molecule has 9 nitrogen and oxygen atoms in total. The number of amides is 1. The summed E-state index contributed by atoms with van der Waals surface area (Å²) in [4.78, 5) is 26.3. The van der Waals surface area contributed by atoms with E-state index in [1.54, 1.807) is 12.3 Å². The van der Waals surface area contributed by atoms with Crippen molar-refractivity contribution in [3.63, 3.8) is 0 Å². The van der Waals surface area contributed by atoms with Gasteiger partial charge in [-0.3, -0.25) is 9.78 Å². The molecule has 0 aliphatic carbocycles. The molecular weight excluding hydrogens is 398 g/mol. The lowest BCUT2D eigenvalue weighted by Gasteiger charge is -2.31. The van der Waals surface area contributed by atoms with Crippen LogP contribution in [0.25, 0.3) is 11.1 Å². The zero-order chi connectivity index (χ0) is 20.4. The Morgan fingerprint density at radius 3 is 2.97 bits per heavy atom. The van der Waals surface area contributed by atoms with E-state index >= 15 is 0 Å². The fourth-order valence-electron chi connectivity index (χ4n) is 3.52. The predicted octanol–water partition coefficient (Wildman–Crippen LogP) is 1.47. The monoisotopic (exact) mass is 419 g/mol. The minimum Gasteiger partial charge on any atom is -0.469 e. The molecule has 1 atom stereocenters. The Morgan fingerprint density at radius 2 is 2.17 bits per heavy atom. The van der Waals surface area contributed by atoms with E-state index in [9.17, 15) is 18.0 Å². The predicted molar refractivity (Wildman–Crippen MR) is 104 cm³/mol. The normalized spacial score (nSPS) is 18.1. The second kappa shape index (κ2) is 7.88. The van der Waals surface area contributed by atoms with E-state index in [4.69, 9.17) is 8.83 Å². The molecule has 0 spiro atoms. The Morgan fingerprint density at radius 1 is 1.31 bits per heavy atom. The quantitative estimate of drug-likeness (QED) is 0.623. The van der Waals surface area contributed by atoms with Gasteiger partial charge in [-0.2, -0.15) is 4.31 Å². The van der Waals surface area contributed by atoms with Crippen LogP contribution in [0, 0.1) is 5.92 Å². The van der Waals surface area contributed by atoms with Gasteiger partial charge in [0.1, 0.15) is 5.76 Å². The molecule has 1 aliphatic rings. The Labute approximate surface area is 166 Å². The molecule has 4 rings (SSSR count). The first-order valence-electron chi connectivity index (χ1n) is 9.36. The summed E-state index contributed by atoms with van der Waals surface area (Å²) in [7, 11) is -3.80. The average Bonchev–Trinajstić information content (AvgIpc) is 3.35. The average molecular weight is 419 g/mol. The number of rotatable bonds is 6. The van der Waals surface area contributed by atoms with Crippen molar-refractivity contribution < 1.29 is 22.0 Å². The molecular formula is C19H21N3O6S. The molecule has 10 heteroatoms. The van der Waals surface area contributed by atoms with Gasteiger partial charge in [-0.25, -0.2) is 13.2 Å². The van der Waals surface area contributed by atoms with Gasteiger partial charge in [0, 0.05) is 32.1 Å². The smallest absolute Gasteiger partial charge is 0.417 e. The molecule has 1 aromatic carbocycles. The summed E-state index contributed by atoms with van der Waals surface area (Å²) < 4.78 is 37.6. The Hall–Kier alpha value is -2.85. The van der Waals surface area contributed by atoms with Crippen molar-refractivity contribution in [3.8, 4) is 0 Å². The Kier molecular flexibility index (Phi) is 5.29. The maximum atomic E-state index is 13.0. The third-order valence-electron chi connectivity index (χ3n) is 5.04. The minimum atomic E-state index is -3.80. The van der Waals surface area contributed by atoms with Crippen LogP contribution in [0.3, 0.4) is 0 Å². The zero-order valence-electron chi connectivity index (χ0n) is 15.6. The van der Waals surface area contributed by atoms with Gasteiger partial charge < -0.3 is 14.2 Å². The summed E-state index contributed by atoms with van der Waals surface area (Å²) in [5, 5.41) is 2.86. The standard InChI is InChI=1S/C19H21N3O6S/c23-18(20-8-7-14-4-2-10-27-14)13-3-1-9-22(12-13)29(25,26)15-5-6-16-17(11-15)28-19(24)21-16/h2,4-6,10-11,13H,1,3,7-9,12H2,(H,20,23)(H,21,24)/t13-/m1/s1. The number of carbonyl (C=O) groups is 1. The molecule has 0 bridgehead atoms. The molecule has 2 N–H and O–H groups in total. The third kappa shape index (κ3) is 4.13. The summed E-state index contributed by atoms with van der Waals surface area (Å²) in [6.07, 6.45) is 3.38. The van der Waals surface area contributed by atoms with Crippen LogP contribution < -0.4 is 11.1 Å². The lowest BCUT2D eigenvalue weighted by Crippen LogP contribution is -2.45. The number of carbonyl (C=O) groups excluding carboxylic acids is 1. The van der Waals surface area contributed by atoms with Gasteiger partial charge in [0.2, 0.25) is 15.9 Å². The van der Waals surface area contributed by atoms with E-state index in [2.05, 4.69) is 10.3 Å². The third-order valence-corrected chi connectivity index (χ3v) is 6.90. The van der Waals surface area contributed by atoms with Gasteiger partial charge in [0.25, 0.3) is 0 Å². The molecule has 154 valence electrons. The van der Waals surface area contributed by atoms with E-state index in [-0.39, 0.29) is 22.9 Å². The number of nitrogens with zero attached hydrogens (tertiary/aromatic N) is 1. The van der Waals surface area contributed by atoms with E-state index in [0.717, 1.165) is 5.76 Å². The summed E-state index contributed by atoms with van der Waals surface area (Å²) in [6.45, 7) is 0.885. The van der Waals surface area contributed by atoms with Crippen LogP contribution in [-0.2, 0) is 21.2 Å². The SMILES string of the molecule is O=C(NCCc1ccco1)[C@@H]1CCCN(S(=O)(=O)c2ccc3[nH]c(=O)oc3c2)C1.